The zero-order valence-corrected chi connectivity index (χ0v) is 16.0. The van der Waals surface area contributed by atoms with Gasteiger partial charge in [-0.2, -0.15) is 5.10 Å². The number of hydrogen-bond donors (Lipinski definition) is 3. The second-order valence-corrected chi connectivity index (χ2v) is 7.58. The van der Waals surface area contributed by atoms with E-state index in [1.165, 1.54) is 6.07 Å². The van der Waals surface area contributed by atoms with E-state index in [1.54, 1.807) is 22.8 Å². The lowest BCUT2D eigenvalue weighted by Crippen LogP contribution is -2.38. The standard InChI is InChI=1S/C21H24N4O3/c1-12-9-20-22-11-18(13(2)25(20)24-12)21(28)23-15-5-3-14(4-6-15)17-8-7-16(26)10-19(17)27/h7-11,14-15,26-27H,3-6H2,1-2H3,(H,23,28). The summed E-state index contributed by atoms with van der Waals surface area (Å²) in [5.41, 5.74) is 3.78. The van der Waals surface area contributed by atoms with Crippen molar-refractivity contribution < 1.29 is 15.0 Å². The van der Waals surface area contributed by atoms with E-state index in [9.17, 15) is 15.0 Å². The fourth-order valence-corrected chi connectivity index (χ4v) is 4.07. The maximum absolute atomic E-state index is 12.8. The molecule has 0 spiro atoms. The van der Waals surface area contributed by atoms with Gasteiger partial charge < -0.3 is 15.5 Å². The van der Waals surface area contributed by atoms with Gasteiger partial charge in [-0.25, -0.2) is 9.50 Å². The molecule has 4 rings (SSSR count). The molecular formula is C21H24N4O3. The Bertz CT molecular complexity index is 1040. The van der Waals surface area contributed by atoms with E-state index in [0.29, 0.717) is 5.56 Å². The van der Waals surface area contributed by atoms with Crippen LogP contribution < -0.4 is 5.32 Å². The van der Waals surface area contributed by atoms with Crippen molar-refractivity contribution >= 4 is 11.6 Å². The maximum atomic E-state index is 12.8. The smallest absolute Gasteiger partial charge is 0.254 e. The maximum Gasteiger partial charge on any atom is 0.254 e. The molecule has 0 radical (unpaired) electrons. The summed E-state index contributed by atoms with van der Waals surface area (Å²) in [6.07, 6.45) is 5.04. The van der Waals surface area contributed by atoms with Gasteiger partial charge in [-0.15, -0.1) is 0 Å². The van der Waals surface area contributed by atoms with Crippen LogP contribution in [0.25, 0.3) is 5.65 Å². The number of hydrogen-bond acceptors (Lipinski definition) is 5. The van der Waals surface area contributed by atoms with Crippen LogP contribution in [-0.2, 0) is 0 Å². The highest BCUT2D eigenvalue weighted by Crippen LogP contribution is 2.38. The largest absolute Gasteiger partial charge is 0.508 e. The van der Waals surface area contributed by atoms with Crippen molar-refractivity contribution in [2.45, 2.75) is 51.5 Å². The van der Waals surface area contributed by atoms with E-state index in [1.807, 2.05) is 19.9 Å². The predicted molar refractivity (Wildman–Crippen MR) is 105 cm³/mol. The van der Waals surface area contributed by atoms with Crippen LogP contribution in [0.5, 0.6) is 11.5 Å². The lowest BCUT2D eigenvalue weighted by Gasteiger charge is -2.29. The summed E-state index contributed by atoms with van der Waals surface area (Å²) in [5, 5.41) is 27.0. The van der Waals surface area contributed by atoms with E-state index >= 15 is 0 Å². The number of nitrogens with zero attached hydrogens (tertiary/aromatic N) is 3. The molecule has 2 heterocycles. The fourth-order valence-electron chi connectivity index (χ4n) is 4.07. The van der Waals surface area contributed by atoms with Gasteiger partial charge in [-0.05, 0) is 57.1 Å². The molecule has 146 valence electrons. The first-order valence-electron chi connectivity index (χ1n) is 9.57. The number of amides is 1. The summed E-state index contributed by atoms with van der Waals surface area (Å²) in [5.74, 6) is 0.309. The Kier molecular flexibility index (Phi) is 4.66. The van der Waals surface area contributed by atoms with Crippen molar-refractivity contribution in [3.8, 4) is 11.5 Å². The van der Waals surface area contributed by atoms with E-state index in [4.69, 9.17) is 0 Å². The number of aromatic hydroxyl groups is 2. The molecule has 0 aliphatic heterocycles. The van der Waals surface area contributed by atoms with Crippen LogP contribution in [0.1, 0.15) is 58.9 Å². The Morgan fingerprint density at radius 2 is 1.89 bits per heavy atom. The third-order valence-corrected chi connectivity index (χ3v) is 5.61. The van der Waals surface area contributed by atoms with E-state index in [-0.39, 0.29) is 29.4 Å². The average molecular weight is 380 g/mol. The van der Waals surface area contributed by atoms with Crippen molar-refractivity contribution in [1.82, 2.24) is 19.9 Å². The molecule has 7 heteroatoms. The van der Waals surface area contributed by atoms with Gasteiger partial charge >= 0.3 is 0 Å². The SMILES string of the molecule is Cc1cc2ncc(C(=O)NC3CCC(c4ccc(O)cc4O)CC3)c(C)n2n1. The third kappa shape index (κ3) is 3.40. The highest BCUT2D eigenvalue weighted by molar-refractivity contribution is 5.95. The number of phenolic OH excluding ortho intramolecular Hbond substituents is 2. The molecule has 1 fully saturated rings. The van der Waals surface area contributed by atoms with Crippen LogP contribution in [-0.4, -0.2) is 36.8 Å². The van der Waals surface area contributed by atoms with Gasteiger partial charge in [0.1, 0.15) is 11.5 Å². The summed E-state index contributed by atoms with van der Waals surface area (Å²) >= 11 is 0. The first-order chi connectivity index (χ1) is 13.4. The molecule has 7 nitrogen and oxygen atoms in total. The van der Waals surface area contributed by atoms with Gasteiger partial charge in [0, 0.05) is 24.4 Å². The van der Waals surface area contributed by atoms with Gasteiger partial charge in [-0.3, -0.25) is 4.79 Å². The molecular weight excluding hydrogens is 356 g/mol. The minimum atomic E-state index is -0.129. The van der Waals surface area contributed by atoms with E-state index in [2.05, 4.69) is 15.4 Å². The second-order valence-electron chi connectivity index (χ2n) is 7.58. The Morgan fingerprint density at radius 3 is 2.61 bits per heavy atom. The van der Waals surface area contributed by atoms with Crippen molar-refractivity contribution in [2.75, 3.05) is 0 Å². The lowest BCUT2D eigenvalue weighted by atomic mass is 9.81. The van der Waals surface area contributed by atoms with Crippen LogP contribution in [0.4, 0.5) is 0 Å². The number of benzene rings is 1. The third-order valence-electron chi connectivity index (χ3n) is 5.61. The van der Waals surface area contributed by atoms with Crippen molar-refractivity contribution in [2.24, 2.45) is 0 Å². The summed E-state index contributed by atoms with van der Waals surface area (Å²) < 4.78 is 1.70. The molecule has 2 aromatic heterocycles. The molecule has 0 saturated heterocycles. The highest BCUT2D eigenvalue weighted by Gasteiger charge is 2.26. The highest BCUT2D eigenvalue weighted by atomic mass is 16.3. The van der Waals surface area contributed by atoms with Crippen LogP contribution in [0.2, 0.25) is 0 Å². The summed E-state index contributed by atoms with van der Waals surface area (Å²) in [7, 11) is 0. The summed E-state index contributed by atoms with van der Waals surface area (Å²) in [6.45, 7) is 3.78. The Balaban J connectivity index is 1.42. The number of fused-ring (bicyclic) bond motifs is 1. The van der Waals surface area contributed by atoms with Gasteiger partial charge in [0.15, 0.2) is 5.65 Å². The van der Waals surface area contributed by atoms with Crippen LogP contribution in [0.3, 0.4) is 0 Å². The van der Waals surface area contributed by atoms with Gasteiger partial charge in [0.25, 0.3) is 5.91 Å². The molecule has 3 aromatic rings. The summed E-state index contributed by atoms with van der Waals surface area (Å²) in [4.78, 5) is 17.1. The normalized spacial score (nSPS) is 19.6. The van der Waals surface area contributed by atoms with Crippen molar-refractivity contribution in [3.05, 3.63) is 53.0 Å². The molecule has 0 atom stereocenters. The first kappa shape index (κ1) is 18.3. The molecule has 1 amide bonds. The number of carbonyl (C=O) groups excluding carboxylic acids is 1. The molecule has 1 aliphatic rings. The topological polar surface area (TPSA) is 99.8 Å². The Labute approximate surface area is 163 Å². The van der Waals surface area contributed by atoms with Crippen molar-refractivity contribution in [1.29, 1.82) is 0 Å². The van der Waals surface area contributed by atoms with E-state index in [0.717, 1.165) is 48.3 Å². The number of aromatic nitrogens is 3. The van der Waals surface area contributed by atoms with Crippen LogP contribution >= 0.6 is 0 Å². The number of aryl methyl sites for hydroxylation is 2. The zero-order chi connectivity index (χ0) is 19.8. The number of carbonyl (C=O) groups is 1. The fraction of sp³-hybridized carbons (Fsp3) is 0.381. The van der Waals surface area contributed by atoms with Gasteiger partial charge in [0.2, 0.25) is 0 Å². The Morgan fingerprint density at radius 1 is 1.14 bits per heavy atom. The number of rotatable bonds is 3. The minimum Gasteiger partial charge on any atom is -0.508 e. The molecule has 0 bridgehead atoms. The molecule has 3 N–H and O–H groups in total. The second kappa shape index (κ2) is 7.14. The number of nitrogens with one attached hydrogen (secondary N) is 1. The van der Waals surface area contributed by atoms with Gasteiger partial charge in [0.05, 0.1) is 17.0 Å². The molecule has 1 saturated carbocycles. The van der Waals surface area contributed by atoms with Crippen LogP contribution in [0.15, 0.2) is 30.5 Å². The quantitative estimate of drug-likeness (QED) is 0.648. The summed E-state index contributed by atoms with van der Waals surface area (Å²) in [6, 6.07) is 6.74. The molecule has 1 aromatic carbocycles. The molecule has 28 heavy (non-hydrogen) atoms. The molecule has 1 aliphatic carbocycles. The van der Waals surface area contributed by atoms with Crippen molar-refractivity contribution in [3.63, 3.8) is 0 Å². The minimum absolute atomic E-state index is 0.0653. The monoisotopic (exact) mass is 380 g/mol. The van der Waals surface area contributed by atoms with E-state index < -0.39 is 0 Å². The lowest BCUT2D eigenvalue weighted by molar-refractivity contribution is 0.0924. The Hall–Kier alpha value is -3.09. The zero-order valence-electron chi connectivity index (χ0n) is 16.0. The first-order valence-corrected chi connectivity index (χ1v) is 9.57. The molecule has 0 unspecified atom stereocenters. The average Bonchev–Trinajstić information content (AvgIpc) is 3.04. The predicted octanol–water partition coefficient (Wildman–Crippen LogP) is 3.21. The van der Waals surface area contributed by atoms with Gasteiger partial charge in [-0.1, -0.05) is 6.07 Å². The number of phenols is 2. The van der Waals surface area contributed by atoms with Crippen LogP contribution in [0, 0.1) is 13.8 Å².